The molecule has 2 aromatic carbocycles. The molecule has 1 aliphatic rings. The molecule has 1 saturated carbocycles. The van der Waals surface area contributed by atoms with E-state index < -0.39 is 17.3 Å². The number of anilines is 1. The molecule has 3 aromatic rings. The van der Waals surface area contributed by atoms with Crippen LogP contribution in [0, 0.1) is 18.7 Å². The Bertz CT molecular complexity index is 1590. The summed E-state index contributed by atoms with van der Waals surface area (Å²) < 4.78 is 16.7. The molecule has 206 valence electrons. The summed E-state index contributed by atoms with van der Waals surface area (Å²) in [4.78, 5) is 44.0. The summed E-state index contributed by atoms with van der Waals surface area (Å²) in [7, 11) is 3.09. The molecule has 7 nitrogen and oxygen atoms in total. The standard InChI is InChI=1S/C31H30ClFN4O3/c1-5-15-34-26(21-12-9-13-22(28(21)33)30(39)36(3)4)14-16-37-19(2)17-24(27(32)31(37)40)23-18-25(23)29(38)35-20-10-7-6-8-11-20/h5-17,23,25H,18H2,1-4H3,(H,35,38)/b15-5+,16-14+,34-26-. The summed E-state index contributed by atoms with van der Waals surface area (Å²) >= 11 is 6.52. The second-order valence-electron chi connectivity index (χ2n) is 9.71. The SMILES string of the molecule is C/C=C/N=C(/C=C/n1c(C)cc(C2CC2C(=O)Nc2ccccc2)c(Cl)c1=O)c1cccc(C(=O)N(C)C)c1F. The molecule has 0 aliphatic heterocycles. The molecule has 4 rings (SSSR count). The van der Waals surface area contributed by atoms with Gasteiger partial charge in [0.1, 0.15) is 10.8 Å². The fraction of sp³-hybridized carbons (Fsp3) is 0.226. The van der Waals surface area contributed by atoms with Crippen molar-refractivity contribution in [2.24, 2.45) is 10.9 Å². The van der Waals surface area contributed by atoms with E-state index in [0.29, 0.717) is 23.4 Å². The molecule has 2 amide bonds. The van der Waals surface area contributed by atoms with Crippen molar-refractivity contribution in [1.82, 2.24) is 9.47 Å². The molecule has 1 aromatic heterocycles. The van der Waals surface area contributed by atoms with Crippen molar-refractivity contribution >= 4 is 41.0 Å². The first-order chi connectivity index (χ1) is 19.1. The average Bonchev–Trinajstić information content (AvgIpc) is 3.74. The molecule has 1 N–H and O–H groups in total. The predicted molar refractivity (Wildman–Crippen MR) is 157 cm³/mol. The topological polar surface area (TPSA) is 83.8 Å². The molecule has 0 radical (unpaired) electrons. The highest BCUT2D eigenvalue weighted by Crippen LogP contribution is 2.49. The van der Waals surface area contributed by atoms with Crippen molar-refractivity contribution in [1.29, 1.82) is 0 Å². The van der Waals surface area contributed by atoms with Gasteiger partial charge in [-0.1, -0.05) is 41.9 Å². The smallest absolute Gasteiger partial charge is 0.273 e. The second kappa shape index (κ2) is 12.3. The minimum atomic E-state index is -0.708. The van der Waals surface area contributed by atoms with E-state index in [4.69, 9.17) is 11.6 Å². The first-order valence-corrected chi connectivity index (χ1v) is 13.2. The quantitative estimate of drug-likeness (QED) is 0.349. The lowest BCUT2D eigenvalue weighted by Gasteiger charge is -2.13. The molecule has 2 atom stereocenters. The van der Waals surface area contributed by atoms with Crippen LogP contribution in [-0.4, -0.2) is 41.1 Å². The van der Waals surface area contributed by atoms with Crippen LogP contribution >= 0.6 is 11.6 Å². The van der Waals surface area contributed by atoms with Gasteiger partial charge in [-0.2, -0.15) is 0 Å². The van der Waals surface area contributed by atoms with Crippen LogP contribution in [0.15, 0.2) is 82.7 Å². The van der Waals surface area contributed by atoms with E-state index in [1.807, 2.05) is 30.3 Å². The molecule has 1 heterocycles. The number of nitrogens with one attached hydrogen (secondary N) is 1. The lowest BCUT2D eigenvalue weighted by atomic mass is 10.0. The number of hydrogen-bond donors (Lipinski definition) is 1. The van der Waals surface area contributed by atoms with Crippen molar-refractivity contribution in [3.05, 3.63) is 117 Å². The maximum atomic E-state index is 15.4. The minimum absolute atomic E-state index is 0.0342. The molecule has 0 spiro atoms. The Morgan fingerprint density at radius 3 is 2.50 bits per heavy atom. The third-order valence-electron chi connectivity index (χ3n) is 6.63. The minimum Gasteiger partial charge on any atom is -0.345 e. The van der Waals surface area contributed by atoms with Crippen LogP contribution < -0.4 is 10.9 Å². The number of para-hydroxylation sites is 1. The number of amides is 2. The summed E-state index contributed by atoms with van der Waals surface area (Å²) in [6, 6.07) is 15.5. The van der Waals surface area contributed by atoms with Crippen molar-refractivity contribution in [3.63, 3.8) is 0 Å². The Labute approximate surface area is 237 Å². The first kappa shape index (κ1) is 28.7. The van der Waals surface area contributed by atoms with E-state index in [1.165, 1.54) is 40.1 Å². The number of aliphatic imine (C=N–C) groups is 1. The van der Waals surface area contributed by atoms with Crippen molar-refractivity contribution in [3.8, 4) is 0 Å². The average molecular weight is 561 g/mol. The number of pyridine rings is 1. The summed E-state index contributed by atoms with van der Waals surface area (Å²) in [5, 5.41) is 2.93. The van der Waals surface area contributed by atoms with Gasteiger partial charge >= 0.3 is 0 Å². The third-order valence-corrected chi connectivity index (χ3v) is 7.01. The molecule has 9 heteroatoms. The monoisotopic (exact) mass is 560 g/mol. The van der Waals surface area contributed by atoms with Crippen LogP contribution in [0.2, 0.25) is 5.02 Å². The Morgan fingerprint density at radius 2 is 1.82 bits per heavy atom. The second-order valence-corrected chi connectivity index (χ2v) is 10.1. The van der Waals surface area contributed by atoms with E-state index in [9.17, 15) is 14.4 Å². The van der Waals surface area contributed by atoms with Gasteiger partial charge in [-0.15, -0.1) is 0 Å². The lowest BCUT2D eigenvalue weighted by Crippen LogP contribution is -2.23. The van der Waals surface area contributed by atoms with Crippen LogP contribution in [0.4, 0.5) is 10.1 Å². The summed E-state index contributed by atoms with van der Waals surface area (Å²) in [5.41, 5.74) is 1.73. The molecule has 0 bridgehead atoms. The summed E-state index contributed by atoms with van der Waals surface area (Å²) in [6.45, 7) is 3.53. The largest absolute Gasteiger partial charge is 0.345 e. The third kappa shape index (κ3) is 6.13. The Balaban J connectivity index is 1.62. The molecule has 40 heavy (non-hydrogen) atoms. The Hall–Kier alpha value is -4.30. The fourth-order valence-electron chi connectivity index (χ4n) is 4.43. The van der Waals surface area contributed by atoms with Crippen LogP contribution in [0.3, 0.4) is 0 Å². The zero-order valence-corrected chi connectivity index (χ0v) is 23.4. The number of hydrogen-bond acceptors (Lipinski definition) is 4. The molecule has 0 saturated heterocycles. The fourth-order valence-corrected chi connectivity index (χ4v) is 4.71. The number of rotatable bonds is 8. The number of nitrogens with zero attached hydrogens (tertiary/aromatic N) is 3. The van der Waals surface area contributed by atoms with Crippen LogP contribution in [0.1, 0.15) is 46.4 Å². The zero-order chi connectivity index (χ0) is 29.0. The molecular weight excluding hydrogens is 531 g/mol. The van der Waals surface area contributed by atoms with Gasteiger partial charge in [0.25, 0.3) is 11.5 Å². The van der Waals surface area contributed by atoms with Crippen molar-refractivity contribution in [2.45, 2.75) is 26.2 Å². The zero-order valence-electron chi connectivity index (χ0n) is 22.7. The number of carbonyl (C=O) groups excluding carboxylic acids is 2. The lowest BCUT2D eigenvalue weighted by molar-refractivity contribution is -0.117. The van der Waals surface area contributed by atoms with Gasteiger partial charge in [-0.3, -0.25) is 23.9 Å². The van der Waals surface area contributed by atoms with Gasteiger partial charge in [0.15, 0.2) is 0 Å². The highest BCUT2D eigenvalue weighted by atomic mass is 35.5. The number of aryl methyl sites for hydroxylation is 1. The van der Waals surface area contributed by atoms with E-state index in [-0.39, 0.29) is 39.6 Å². The van der Waals surface area contributed by atoms with Crippen LogP contribution in [-0.2, 0) is 4.79 Å². The van der Waals surface area contributed by atoms with E-state index in [2.05, 4.69) is 10.3 Å². The Morgan fingerprint density at radius 1 is 1.12 bits per heavy atom. The normalized spacial score (nSPS) is 16.9. The predicted octanol–water partition coefficient (Wildman–Crippen LogP) is 5.89. The van der Waals surface area contributed by atoms with Gasteiger partial charge in [0.2, 0.25) is 5.91 Å². The van der Waals surface area contributed by atoms with E-state index in [0.717, 1.165) is 0 Å². The van der Waals surface area contributed by atoms with E-state index >= 15 is 4.39 Å². The van der Waals surface area contributed by atoms with Crippen LogP contribution in [0.5, 0.6) is 0 Å². The van der Waals surface area contributed by atoms with Crippen LogP contribution in [0.25, 0.3) is 6.20 Å². The maximum absolute atomic E-state index is 15.4. The van der Waals surface area contributed by atoms with Crippen molar-refractivity contribution < 1.29 is 14.0 Å². The molecule has 2 unspecified atom stereocenters. The first-order valence-electron chi connectivity index (χ1n) is 12.8. The highest BCUT2D eigenvalue weighted by molar-refractivity contribution is 6.31. The number of benzene rings is 2. The number of halogens is 2. The number of carbonyl (C=O) groups is 2. The molecular formula is C31H30ClFN4O3. The molecule has 1 aliphatic carbocycles. The molecule has 1 fully saturated rings. The summed E-state index contributed by atoms with van der Waals surface area (Å²) in [5.74, 6) is -1.73. The van der Waals surface area contributed by atoms with Crippen molar-refractivity contribution in [2.75, 3.05) is 19.4 Å². The Kier molecular flexibility index (Phi) is 8.80. The van der Waals surface area contributed by atoms with Gasteiger partial charge in [0, 0.05) is 49.4 Å². The summed E-state index contributed by atoms with van der Waals surface area (Å²) in [6.07, 6.45) is 6.75. The van der Waals surface area contributed by atoms with Gasteiger partial charge in [0.05, 0.1) is 11.3 Å². The number of aromatic nitrogens is 1. The number of allylic oxidation sites excluding steroid dienone is 2. The maximum Gasteiger partial charge on any atom is 0.273 e. The van der Waals surface area contributed by atoms with E-state index in [1.54, 1.807) is 46.2 Å². The van der Waals surface area contributed by atoms with Gasteiger partial charge < -0.3 is 10.2 Å². The highest BCUT2D eigenvalue weighted by Gasteiger charge is 2.45. The van der Waals surface area contributed by atoms with Gasteiger partial charge in [-0.25, -0.2) is 4.39 Å². The van der Waals surface area contributed by atoms with Gasteiger partial charge in [-0.05, 0) is 68.2 Å².